The lowest BCUT2D eigenvalue weighted by Crippen LogP contribution is -1.98. The van der Waals surface area contributed by atoms with Gasteiger partial charge in [0, 0.05) is 0 Å². The Balaban J connectivity index is 2.38. The van der Waals surface area contributed by atoms with Crippen molar-refractivity contribution in [3.8, 4) is 11.5 Å². The first-order chi connectivity index (χ1) is 9.38. The smallest absolute Gasteiger partial charge is 0.335 e. The predicted octanol–water partition coefficient (Wildman–Crippen LogP) is 4.41. The minimum Gasteiger partial charge on any atom is -0.478 e. The Bertz CT molecular complexity index is 672. The molecule has 0 aliphatic heterocycles. The van der Waals surface area contributed by atoms with Gasteiger partial charge in [-0.05, 0) is 74.2 Å². The number of hydrogen-bond donors (Lipinski definition) is 1. The molecule has 0 aliphatic carbocycles. The Labute approximate surface area is 118 Å². The summed E-state index contributed by atoms with van der Waals surface area (Å²) in [6.07, 6.45) is 0. The molecular weight excluding hydrogens is 252 g/mol. The monoisotopic (exact) mass is 270 g/mol. The summed E-state index contributed by atoms with van der Waals surface area (Å²) in [5.41, 5.74) is 4.50. The van der Waals surface area contributed by atoms with E-state index in [1.807, 2.05) is 26.8 Å². The summed E-state index contributed by atoms with van der Waals surface area (Å²) in [5.74, 6) is 0.569. The van der Waals surface area contributed by atoms with E-state index in [4.69, 9.17) is 9.84 Å². The summed E-state index contributed by atoms with van der Waals surface area (Å²) in [4.78, 5) is 10.9. The number of aryl methyl sites for hydroxylation is 3. The Hall–Kier alpha value is -2.29. The zero-order valence-electron chi connectivity index (χ0n) is 12.2. The molecular formula is C17H18O3. The Morgan fingerprint density at radius 1 is 0.950 bits per heavy atom. The number of carboxylic acids is 1. The molecule has 0 fully saturated rings. The third kappa shape index (κ3) is 2.82. The van der Waals surface area contributed by atoms with Crippen LogP contribution in [0.1, 0.15) is 32.6 Å². The molecule has 3 heteroatoms. The Morgan fingerprint density at radius 2 is 1.65 bits per heavy atom. The maximum Gasteiger partial charge on any atom is 0.335 e. The van der Waals surface area contributed by atoms with Crippen molar-refractivity contribution in [3.63, 3.8) is 0 Å². The van der Waals surface area contributed by atoms with Gasteiger partial charge >= 0.3 is 5.97 Å². The number of aromatic carboxylic acids is 1. The fourth-order valence-corrected chi connectivity index (χ4v) is 2.12. The molecule has 104 valence electrons. The molecule has 0 heterocycles. The minimum absolute atomic E-state index is 0.270. The second kappa shape index (κ2) is 5.37. The zero-order chi connectivity index (χ0) is 14.9. The summed E-state index contributed by atoms with van der Waals surface area (Å²) in [5, 5.41) is 8.97. The van der Waals surface area contributed by atoms with Crippen LogP contribution in [0.2, 0.25) is 0 Å². The van der Waals surface area contributed by atoms with E-state index >= 15 is 0 Å². The molecule has 0 unspecified atom stereocenters. The highest BCUT2D eigenvalue weighted by Crippen LogP contribution is 2.30. The average molecular weight is 270 g/mol. The van der Waals surface area contributed by atoms with Gasteiger partial charge in [-0.3, -0.25) is 0 Å². The predicted molar refractivity (Wildman–Crippen MR) is 78.9 cm³/mol. The van der Waals surface area contributed by atoms with Crippen LogP contribution in [-0.4, -0.2) is 11.1 Å². The molecule has 0 saturated carbocycles. The van der Waals surface area contributed by atoms with Crippen molar-refractivity contribution in [1.82, 2.24) is 0 Å². The maximum atomic E-state index is 10.9. The van der Waals surface area contributed by atoms with Gasteiger partial charge in [0.2, 0.25) is 0 Å². The molecule has 0 radical (unpaired) electrons. The summed E-state index contributed by atoms with van der Waals surface area (Å²) in [7, 11) is 0. The van der Waals surface area contributed by atoms with Gasteiger partial charge in [-0.2, -0.15) is 0 Å². The zero-order valence-corrected chi connectivity index (χ0v) is 12.2. The minimum atomic E-state index is -0.928. The maximum absolute atomic E-state index is 10.9. The average Bonchev–Trinajstić information content (AvgIpc) is 2.37. The number of hydrogen-bond acceptors (Lipinski definition) is 2. The van der Waals surface area contributed by atoms with Crippen LogP contribution in [0.15, 0.2) is 30.3 Å². The van der Waals surface area contributed by atoms with Crippen molar-refractivity contribution >= 4 is 5.97 Å². The SMILES string of the molecule is Cc1cc(C)c(C)c(Oc2ccc(C(=O)O)cc2C)c1. The summed E-state index contributed by atoms with van der Waals surface area (Å²) in [6.45, 7) is 7.94. The number of carboxylic acid groups (broad SMARTS) is 1. The first-order valence-corrected chi connectivity index (χ1v) is 6.48. The standard InChI is InChI=1S/C17H18O3/c1-10-7-11(2)13(4)16(8-10)20-15-6-5-14(17(18)19)9-12(15)3/h5-9H,1-4H3,(H,18,19). The van der Waals surface area contributed by atoms with E-state index in [1.165, 1.54) is 5.56 Å². The van der Waals surface area contributed by atoms with Crippen LogP contribution in [-0.2, 0) is 0 Å². The fourth-order valence-electron chi connectivity index (χ4n) is 2.12. The molecule has 2 aromatic rings. The molecule has 2 aromatic carbocycles. The molecule has 3 nitrogen and oxygen atoms in total. The molecule has 0 aliphatic rings. The van der Waals surface area contributed by atoms with Gasteiger partial charge in [-0.25, -0.2) is 4.79 Å². The van der Waals surface area contributed by atoms with Crippen LogP contribution in [0.3, 0.4) is 0 Å². The van der Waals surface area contributed by atoms with Crippen LogP contribution >= 0.6 is 0 Å². The molecule has 1 N–H and O–H groups in total. The Morgan fingerprint density at radius 3 is 2.25 bits per heavy atom. The van der Waals surface area contributed by atoms with Gasteiger partial charge in [0.05, 0.1) is 5.56 Å². The van der Waals surface area contributed by atoms with Gasteiger partial charge in [-0.15, -0.1) is 0 Å². The normalized spacial score (nSPS) is 10.4. The van der Waals surface area contributed by atoms with Gasteiger partial charge in [0.25, 0.3) is 0 Å². The van der Waals surface area contributed by atoms with E-state index in [9.17, 15) is 4.79 Å². The van der Waals surface area contributed by atoms with Crippen molar-refractivity contribution in [2.45, 2.75) is 27.7 Å². The molecule has 0 aromatic heterocycles. The fraction of sp³-hybridized carbons (Fsp3) is 0.235. The van der Waals surface area contributed by atoms with E-state index in [-0.39, 0.29) is 5.56 Å². The van der Waals surface area contributed by atoms with Gasteiger partial charge in [0.1, 0.15) is 11.5 Å². The van der Waals surface area contributed by atoms with Crippen molar-refractivity contribution < 1.29 is 14.6 Å². The van der Waals surface area contributed by atoms with Crippen molar-refractivity contribution in [1.29, 1.82) is 0 Å². The van der Waals surface area contributed by atoms with Gasteiger partial charge < -0.3 is 9.84 Å². The van der Waals surface area contributed by atoms with Crippen LogP contribution in [0, 0.1) is 27.7 Å². The van der Waals surface area contributed by atoms with Crippen LogP contribution < -0.4 is 4.74 Å². The number of ether oxygens (including phenoxy) is 1. The van der Waals surface area contributed by atoms with E-state index in [0.29, 0.717) is 5.75 Å². The third-order valence-electron chi connectivity index (χ3n) is 3.41. The van der Waals surface area contributed by atoms with Gasteiger partial charge in [0.15, 0.2) is 0 Å². The first kappa shape index (κ1) is 14.1. The van der Waals surface area contributed by atoms with Crippen LogP contribution in [0.5, 0.6) is 11.5 Å². The van der Waals surface area contributed by atoms with Crippen molar-refractivity contribution in [2.75, 3.05) is 0 Å². The molecule has 2 rings (SSSR count). The van der Waals surface area contributed by atoms with Gasteiger partial charge in [-0.1, -0.05) is 6.07 Å². The van der Waals surface area contributed by atoms with E-state index in [2.05, 4.69) is 13.0 Å². The van der Waals surface area contributed by atoms with Crippen molar-refractivity contribution in [3.05, 3.63) is 58.1 Å². The summed E-state index contributed by atoms with van der Waals surface area (Å²) < 4.78 is 5.94. The number of carbonyl (C=O) groups is 1. The highest BCUT2D eigenvalue weighted by atomic mass is 16.5. The molecule has 0 bridgehead atoms. The summed E-state index contributed by atoms with van der Waals surface area (Å²) >= 11 is 0. The lowest BCUT2D eigenvalue weighted by molar-refractivity contribution is 0.0697. The largest absolute Gasteiger partial charge is 0.478 e. The summed E-state index contributed by atoms with van der Waals surface area (Å²) in [6, 6.07) is 8.99. The van der Waals surface area contributed by atoms with E-state index < -0.39 is 5.97 Å². The molecule has 0 amide bonds. The lowest BCUT2D eigenvalue weighted by Gasteiger charge is -2.14. The Kier molecular flexibility index (Phi) is 3.79. The quantitative estimate of drug-likeness (QED) is 0.898. The van der Waals surface area contributed by atoms with Crippen LogP contribution in [0.4, 0.5) is 0 Å². The second-order valence-electron chi connectivity index (χ2n) is 5.09. The first-order valence-electron chi connectivity index (χ1n) is 6.48. The molecule has 0 atom stereocenters. The number of rotatable bonds is 3. The second-order valence-corrected chi connectivity index (χ2v) is 5.09. The van der Waals surface area contributed by atoms with E-state index in [1.54, 1.807) is 18.2 Å². The topological polar surface area (TPSA) is 46.5 Å². The highest BCUT2D eigenvalue weighted by molar-refractivity contribution is 5.88. The number of benzene rings is 2. The molecule has 0 spiro atoms. The van der Waals surface area contributed by atoms with Crippen LogP contribution in [0.25, 0.3) is 0 Å². The van der Waals surface area contributed by atoms with Crippen molar-refractivity contribution in [2.24, 2.45) is 0 Å². The molecule has 20 heavy (non-hydrogen) atoms. The van der Waals surface area contributed by atoms with E-state index in [0.717, 1.165) is 22.4 Å². The molecule has 0 saturated heterocycles. The lowest BCUT2D eigenvalue weighted by atomic mass is 10.1. The third-order valence-corrected chi connectivity index (χ3v) is 3.41. The highest BCUT2D eigenvalue weighted by Gasteiger charge is 2.10.